The summed E-state index contributed by atoms with van der Waals surface area (Å²) in [6.07, 6.45) is 3.26. The molecule has 5 nitrogen and oxygen atoms in total. The number of hydrogen-bond donors (Lipinski definition) is 2. The van der Waals surface area contributed by atoms with Gasteiger partial charge in [0.05, 0.1) is 11.4 Å². The van der Waals surface area contributed by atoms with Crippen molar-refractivity contribution < 1.29 is 9.59 Å². The predicted octanol–water partition coefficient (Wildman–Crippen LogP) is 1.98. The van der Waals surface area contributed by atoms with E-state index in [2.05, 4.69) is 17.1 Å². The zero-order valence-electron chi connectivity index (χ0n) is 12.3. The average Bonchev–Trinajstić information content (AvgIpc) is 2.97. The molecule has 1 saturated carbocycles. The molecule has 3 N–H and O–H groups in total. The zero-order valence-corrected chi connectivity index (χ0v) is 12.3. The smallest absolute Gasteiger partial charge is 0.248 e. The van der Waals surface area contributed by atoms with Gasteiger partial charge in [-0.15, -0.1) is 0 Å². The third kappa shape index (κ3) is 2.86. The lowest BCUT2D eigenvalue weighted by Crippen LogP contribution is -2.23. The molecule has 1 heterocycles. The third-order valence-corrected chi connectivity index (χ3v) is 4.43. The van der Waals surface area contributed by atoms with Crippen LogP contribution in [0.25, 0.3) is 0 Å². The van der Waals surface area contributed by atoms with Gasteiger partial charge in [0.15, 0.2) is 0 Å². The highest BCUT2D eigenvalue weighted by Gasteiger charge is 2.39. The van der Waals surface area contributed by atoms with Gasteiger partial charge in [0.25, 0.3) is 0 Å². The number of amides is 2. The standard InChI is InChI=1S/C16H21N3O2/c1-10-8-12(10)16(21)18-13-9-11(15(17)20)4-5-14(13)19-6-2-3-7-19/h4-5,9-10,12H,2-3,6-8H2,1H3,(H2,17,20)(H,18,21)/t10-,12+/m1/s1. The van der Waals surface area contributed by atoms with Gasteiger partial charge in [0.2, 0.25) is 11.8 Å². The molecule has 1 aromatic carbocycles. The Bertz CT molecular complexity index is 579. The number of rotatable bonds is 4. The number of nitrogens with zero attached hydrogens (tertiary/aromatic N) is 1. The number of anilines is 2. The summed E-state index contributed by atoms with van der Waals surface area (Å²) in [5, 5.41) is 2.99. The number of carbonyl (C=O) groups is 2. The molecule has 2 atom stereocenters. The fraction of sp³-hybridized carbons (Fsp3) is 0.500. The van der Waals surface area contributed by atoms with E-state index in [1.54, 1.807) is 12.1 Å². The van der Waals surface area contributed by atoms with Crippen molar-refractivity contribution in [1.29, 1.82) is 0 Å². The maximum atomic E-state index is 12.2. The monoisotopic (exact) mass is 287 g/mol. The van der Waals surface area contributed by atoms with Crippen molar-refractivity contribution >= 4 is 23.2 Å². The molecule has 2 amide bonds. The predicted molar refractivity (Wildman–Crippen MR) is 82.3 cm³/mol. The first-order valence-electron chi connectivity index (χ1n) is 7.56. The molecule has 2 fully saturated rings. The van der Waals surface area contributed by atoms with E-state index in [9.17, 15) is 9.59 Å². The van der Waals surface area contributed by atoms with E-state index in [1.807, 2.05) is 6.07 Å². The summed E-state index contributed by atoms with van der Waals surface area (Å²) in [5.41, 5.74) is 7.46. The van der Waals surface area contributed by atoms with Crippen LogP contribution in [0.4, 0.5) is 11.4 Å². The Hall–Kier alpha value is -2.04. The van der Waals surface area contributed by atoms with Crippen molar-refractivity contribution in [3.8, 4) is 0 Å². The number of hydrogen-bond acceptors (Lipinski definition) is 3. The molecule has 2 aliphatic rings. The van der Waals surface area contributed by atoms with E-state index >= 15 is 0 Å². The minimum atomic E-state index is -0.474. The maximum Gasteiger partial charge on any atom is 0.248 e. The molecule has 0 aromatic heterocycles. The van der Waals surface area contributed by atoms with Gasteiger partial charge in [-0.25, -0.2) is 0 Å². The maximum absolute atomic E-state index is 12.2. The highest BCUT2D eigenvalue weighted by molar-refractivity contribution is 6.00. The van der Waals surface area contributed by atoms with Crippen molar-refractivity contribution in [3.05, 3.63) is 23.8 Å². The second-order valence-corrected chi connectivity index (χ2v) is 6.10. The Morgan fingerprint density at radius 3 is 2.52 bits per heavy atom. The van der Waals surface area contributed by atoms with Crippen molar-refractivity contribution in [3.63, 3.8) is 0 Å². The SMILES string of the molecule is C[C@@H]1C[C@@H]1C(=O)Nc1cc(C(N)=O)ccc1N1CCCC1. The van der Waals surface area contributed by atoms with Gasteiger partial charge in [-0.1, -0.05) is 6.92 Å². The fourth-order valence-electron chi connectivity index (χ4n) is 2.94. The van der Waals surface area contributed by atoms with Crippen LogP contribution in [0.1, 0.15) is 36.5 Å². The second kappa shape index (κ2) is 5.39. The number of primary amides is 1. The van der Waals surface area contributed by atoms with Crippen LogP contribution in [0.5, 0.6) is 0 Å². The normalized spacial score (nSPS) is 24.0. The Labute approximate surface area is 124 Å². The van der Waals surface area contributed by atoms with Crippen LogP contribution in [0.15, 0.2) is 18.2 Å². The summed E-state index contributed by atoms with van der Waals surface area (Å²) in [6.45, 7) is 4.04. The highest BCUT2D eigenvalue weighted by atomic mass is 16.2. The molecule has 1 aliphatic carbocycles. The molecule has 0 radical (unpaired) electrons. The molecule has 0 unspecified atom stereocenters. The van der Waals surface area contributed by atoms with Gasteiger partial charge in [0.1, 0.15) is 0 Å². The topological polar surface area (TPSA) is 75.4 Å². The summed E-state index contributed by atoms with van der Waals surface area (Å²) in [4.78, 5) is 25.8. The van der Waals surface area contributed by atoms with Crippen LogP contribution in [-0.4, -0.2) is 24.9 Å². The zero-order chi connectivity index (χ0) is 15.0. The molecule has 1 saturated heterocycles. The number of nitrogens with one attached hydrogen (secondary N) is 1. The average molecular weight is 287 g/mol. The van der Waals surface area contributed by atoms with Gasteiger partial charge >= 0.3 is 0 Å². The Balaban J connectivity index is 1.87. The van der Waals surface area contributed by atoms with Crippen LogP contribution in [0, 0.1) is 11.8 Å². The quantitative estimate of drug-likeness (QED) is 0.889. The van der Waals surface area contributed by atoms with Gasteiger partial charge < -0.3 is 16.0 Å². The first kappa shape index (κ1) is 13.9. The minimum absolute atomic E-state index is 0.0459. The van der Waals surface area contributed by atoms with Gasteiger partial charge in [-0.05, 0) is 43.4 Å². The molecule has 21 heavy (non-hydrogen) atoms. The molecular weight excluding hydrogens is 266 g/mol. The minimum Gasteiger partial charge on any atom is -0.370 e. The lowest BCUT2D eigenvalue weighted by Gasteiger charge is -2.22. The largest absolute Gasteiger partial charge is 0.370 e. The van der Waals surface area contributed by atoms with E-state index in [4.69, 9.17) is 5.73 Å². The first-order chi connectivity index (χ1) is 10.1. The molecule has 3 rings (SSSR count). The van der Waals surface area contributed by atoms with Gasteiger partial charge in [0, 0.05) is 24.6 Å². The number of carbonyl (C=O) groups excluding carboxylic acids is 2. The lowest BCUT2D eigenvalue weighted by atomic mass is 10.1. The van der Waals surface area contributed by atoms with E-state index in [-0.39, 0.29) is 11.8 Å². The van der Waals surface area contributed by atoms with Gasteiger partial charge in [-0.3, -0.25) is 9.59 Å². The Morgan fingerprint density at radius 2 is 1.95 bits per heavy atom. The fourth-order valence-corrected chi connectivity index (χ4v) is 2.94. The summed E-state index contributed by atoms with van der Waals surface area (Å²) < 4.78 is 0. The second-order valence-electron chi connectivity index (χ2n) is 6.10. The van der Waals surface area contributed by atoms with E-state index < -0.39 is 5.91 Å². The number of nitrogens with two attached hydrogens (primary N) is 1. The van der Waals surface area contributed by atoms with Crippen LogP contribution in [0.2, 0.25) is 0 Å². The third-order valence-electron chi connectivity index (χ3n) is 4.43. The molecule has 1 aliphatic heterocycles. The van der Waals surface area contributed by atoms with Gasteiger partial charge in [-0.2, -0.15) is 0 Å². The van der Waals surface area contributed by atoms with Crippen LogP contribution < -0.4 is 16.0 Å². The Morgan fingerprint density at radius 1 is 1.29 bits per heavy atom. The van der Waals surface area contributed by atoms with Crippen LogP contribution >= 0.6 is 0 Å². The van der Waals surface area contributed by atoms with E-state index in [1.165, 1.54) is 0 Å². The van der Waals surface area contributed by atoms with Crippen molar-refractivity contribution in [1.82, 2.24) is 0 Å². The molecule has 1 aromatic rings. The molecule has 0 bridgehead atoms. The first-order valence-corrected chi connectivity index (χ1v) is 7.56. The Kier molecular flexibility index (Phi) is 3.57. The lowest BCUT2D eigenvalue weighted by molar-refractivity contribution is -0.117. The number of benzene rings is 1. The summed E-state index contributed by atoms with van der Waals surface area (Å²) in [6, 6.07) is 5.31. The van der Waals surface area contributed by atoms with Crippen molar-refractivity contribution in [2.75, 3.05) is 23.3 Å². The molecule has 0 spiro atoms. The van der Waals surface area contributed by atoms with Crippen molar-refractivity contribution in [2.45, 2.75) is 26.2 Å². The summed E-state index contributed by atoms with van der Waals surface area (Å²) in [7, 11) is 0. The van der Waals surface area contributed by atoms with Crippen LogP contribution in [0.3, 0.4) is 0 Å². The molecule has 112 valence electrons. The highest BCUT2D eigenvalue weighted by Crippen LogP contribution is 2.39. The molecular formula is C16H21N3O2. The van der Waals surface area contributed by atoms with Crippen molar-refractivity contribution in [2.24, 2.45) is 17.6 Å². The molecule has 5 heteroatoms. The van der Waals surface area contributed by atoms with Crippen LogP contribution in [-0.2, 0) is 4.79 Å². The summed E-state index contributed by atoms with van der Waals surface area (Å²) >= 11 is 0. The van der Waals surface area contributed by atoms with E-state index in [0.29, 0.717) is 17.2 Å². The van der Waals surface area contributed by atoms with E-state index in [0.717, 1.165) is 38.0 Å². The summed E-state index contributed by atoms with van der Waals surface area (Å²) in [5.74, 6) is 0.135.